The second-order valence-electron chi connectivity index (χ2n) is 31.1. The molecule has 31 nitrogen and oxygen atoms in total. The van der Waals surface area contributed by atoms with E-state index >= 15 is 4.39 Å². The van der Waals surface area contributed by atoms with Crippen LogP contribution in [-0.2, 0) is 35.2 Å². The number of benzene rings is 8. The van der Waals surface area contributed by atoms with E-state index in [2.05, 4.69) is 71.7 Å². The molecular weight excluding hydrogens is 1790 g/mol. The highest BCUT2D eigenvalue weighted by Crippen LogP contribution is 2.37. The van der Waals surface area contributed by atoms with Crippen LogP contribution in [0, 0.1) is 34.9 Å². The van der Waals surface area contributed by atoms with E-state index in [0.29, 0.717) is 90.8 Å². The van der Waals surface area contributed by atoms with Gasteiger partial charge in [0, 0.05) is 120 Å². The van der Waals surface area contributed by atoms with Crippen molar-refractivity contribution in [3.8, 4) is 78.4 Å². The number of nitrogens with two attached hydrogens (primary N) is 4. The highest BCUT2D eigenvalue weighted by atomic mass is 35.5. The lowest BCUT2D eigenvalue weighted by Gasteiger charge is -2.22. The van der Waals surface area contributed by atoms with Crippen LogP contribution in [0.1, 0.15) is 126 Å². The Kier molecular flexibility index (Phi) is 31.4. The van der Waals surface area contributed by atoms with Gasteiger partial charge in [-0.1, -0.05) is 89.6 Å². The monoisotopic (exact) mass is 1880 g/mol. The molecule has 4 amide bonds. The van der Waals surface area contributed by atoms with E-state index in [0.717, 1.165) is 59.8 Å². The van der Waals surface area contributed by atoms with Crippen molar-refractivity contribution in [2.24, 2.45) is 14.1 Å². The van der Waals surface area contributed by atoms with Gasteiger partial charge in [-0.2, -0.15) is 10.2 Å². The molecule has 0 bridgehead atoms. The largest absolute Gasteiger partial charge is 0.394 e. The van der Waals surface area contributed by atoms with E-state index in [1.165, 1.54) is 103 Å². The standard InChI is InChI=1S/C26H26FN5O3S.C24H24F2N4O3.C23H20ClFN6O2.C23H20F2N6O2/c1-4-32-15-20(14-30-32)19-11-23(25(28)29-13-19)18-8-9-22(24(27)12-18)26(33)31-16(2)17-6-5-7-21(10-17)36(3,34)35;25-17-3-1-2-15(10-17)21(13-31)30-24(32)18-5-4-16(11-19(18)26)22-23(27)28-12-20(29-22)14-6-8-33-9-7-14;1-31-21(11-28-30-31)15-8-18(22(26)27-10-15)13-5-6-17(19(25)9-13)23(33)29-20(12-32)14-3-2-4-16(24)7-14;1-31-11-15(9-28-31)19-10-27-22(26)21(29-19)14-5-6-17(18(25)8-14)23(33)30-20(12-32)13-3-2-4-16(24)7-13/h5-16H,4H2,1-3H3,(H2,28,29)(H,31,33);1-5,10-12,14,21,31H,6-9,13H2,(H2,27,28)(H,30,32);2-11,20,32H,12H2,1H3,(H2,26,27)(H,29,33);2-11,20,32H,12H2,1H3,(H2,26,27)(H,30,33)/t16-;21-;2*20-/m1111/s1. The van der Waals surface area contributed by atoms with Gasteiger partial charge in [-0.25, -0.2) is 69.3 Å². The van der Waals surface area contributed by atoms with Gasteiger partial charge in [-0.15, -0.1) is 5.10 Å². The first kappa shape index (κ1) is 97.1. The molecule has 15 N–H and O–H groups in total. The van der Waals surface area contributed by atoms with Crippen LogP contribution in [0.25, 0.3) is 78.4 Å². The molecular formula is C96H90ClF6N21O10S. The van der Waals surface area contributed by atoms with E-state index in [1.807, 2.05) is 19.2 Å². The van der Waals surface area contributed by atoms with Crippen molar-refractivity contribution in [3.63, 3.8) is 0 Å². The lowest BCUT2D eigenvalue weighted by Crippen LogP contribution is -2.31. The van der Waals surface area contributed by atoms with Gasteiger partial charge in [0.25, 0.3) is 23.6 Å². The van der Waals surface area contributed by atoms with E-state index < -0.39 is 106 Å². The van der Waals surface area contributed by atoms with Crippen LogP contribution in [0.4, 0.5) is 49.6 Å². The van der Waals surface area contributed by atoms with Crippen molar-refractivity contribution in [2.45, 2.75) is 68.2 Å². The summed E-state index contributed by atoms with van der Waals surface area (Å²) < 4.78 is 121. The molecule has 7 aromatic heterocycles. The number of hydrogen-bond donors (Lipinski definition) is 11. The predicted octanol–water partition coefficient (Wildman–Crippen LogP) is 13.9. The molecule has 1 saturated heterocycles. The summed E-state index contributed by atoms with van der Waals surface area (Å²) in [6.07, 6.45) is 17.7. The zero-order chi connectivity index (χ0) is 96.5. The average molecular weight is 1880 g/mol. The van der Waals surface area contributed by atoms with Crippen LogP contribution >= 0.6 is 11.6 Å². The number of halogens is 7. The SMILES string of the molecule is CCn1cc(-c2cnc(N)c(-c3ccc(C(=O)N[C@H](C)c4cccc(S(C)(=O)=O)c4)c(F)c3)c2)cn1.Cn1cc(-c2cnc(N)c(-c3ccc(C(=O)N[C@H](CO)c4cccc(F)c4)c(F)c3)n2)cn1.Cn1nncc1-c1cnc(N)c(-c2ccc(C(=O)N[C@H](CO)c3cccc(Cl)c3)c(F)c2)c1.Nc1ncc(C2CCOCC2)nc1-c1ccc(C(=O)N[C@H](CO)c2cccc(F)c2)c(F)c1. The number of aliphatic hydroxyl groups is 3. The van der Waals surface area contributed by atoms with Crippen molar-refractivity contribution in [1.82, 2.24) is 85.7 Å². The van der Waals surface area contributed by atoms with Crippen LogP contribution in [0.15, 0.2) is 243 Å². The maximum Gasteiger partial charge on any atom is 0.254 e. The number of carbonyl (C=O) groups is 4. The molecule has 39 heteroatoms. The zero-order valence-electron chi connectivity index (χ0n) is 72.9. The number of aryl methyl sites for hydroxylation is 3. The molecule has 1 fully saturated rings. The van der Waals surface area contributed by atoms with Gasteiger partial charge < -0.3 is 64.3 Å². The van der Waals surface area contributed by atoms with Crippen molar-refractivity contribution in [1.29, 1.82) is 0 Å². The Morgan fingerprint density at radius 3 is 1.40 bits per heavy atom. The molecule has 1 aliphatic rings. The van der Waals surface area contributed by atoms with Gasteiger partial charge in [0.1, 0.15) is 69.6 Å². The third-order valence-corrected chi connectivity index (χ3v) is 23.1. The molecule has 0 aliphatic carbocycles. The van der Waals surface area contributed by atoms with E-state index in [1.54, 1.807) is 151 Å². The summed E-state index contributed by atoms with van der Waals surface area (Å²) in [5.41, 5.74) is 33.6. The molecule has 15 aromatic rings. The van der Waals surface area contributed by atoms with Crippen LogP contribution < -0.4 is 44.2 Å². The van der Waals surface area contributed by atoms with Gasteiger partial charge in [-0.3, -0.25) is 28.5 Å². The number of rotatable bonds is 25. The summed E-state index contributed by atoms with van der Waals surface area (Å²) in [5, 5.41) is 55.9. The van der Waals surface area contributed by atoms with E-state index in [9.17, 15) is 64.9 Å². The summed E-state index contributed by atoms with van der Waals surface area (Å²) in [5.74, 6) is -5.94. The van der Waals surface area contributed by atoms with Crippen LogP contribution in [0.2, 0.25) is 5.02 Å². The molecule has 16 rings (SSSR count). The number of anilines is 4. The number of nitrogen functional groups attached to an aromatic ring is 4. The second-order valence-corrected chi connectivity index (χ2v) is 33.5. The minimum absolute atomic E-state index is 0.102. The molecule has 8 aromatic carbocycles. The lowest BCUT2D eigenvalue weighted by molar-refractivity contribution is 0.0844. The average Bonchev–Trinajstić information content (AvgIpc) is 1.35. The highest BCUT2D eigenvalue weighted by molar-refractivity contribution is 7.90. The quantitative estimate of drug-likeness (QED) is 0.0237. The van der Waals surface area contributed by atoms with Crippen molar-refractivity contribution < 1.29 is 74.0 Å². The Labute approximate surface area is 774 Å². The van der Waals surface area contributed by atoms with Gasteiger partial charge in [0.05, 0.1) is 119 Å². The minimum Gasteiger partial charge on any atom is -0.394 e. The zero-order valence-corrected chi connectivity index (χ0v) is 74.5. The molecule has 4 atom stereocenters. The van der Waals surface area contributed by atoms with Crippen molar-refractivity contribution in [3.05, 3.63) is 328 Å². The fraction of sp³-hybridized carbons (Fsp3) is 0.188. The smallest absolute Gasteiger partial charge is 0.254 e. The minimum atomic E-state index is -3.39. The van der Waals surface area contributed by atoms with Gasteiger partial charge in [0.15, 0.2) is 9.84 Å². The van der Waals surface area contributed by atoms with Gasteiger partial charge in [-0.05, 0) is 169 Å². The summed E-state index contributed by atoms with van der Waals surface area (Å²) >= 11 is 5.99. The maximum absolute atomic E-state index is 15.0. The normalized spacial score (nSPS) is 12.8. The first-order valence-corrected chi connectivity index (χ1v) is 44.0. The number of aromatic nitrogens is 13. The molecule has 135 heavy (non-hydrogen) atoms. The van der Waals surface area contributed by atoms with Crippen molar-refractivity contribution >= 4 is 68.3 Å². The summed E-state index contributed by atoms with van der Waals surface area (Å²) in [6.45, 7) is 4.38. The molecule has 0 radical (unpaired) electrons. The highest BCUT2D eigenvalue weighted by Gasteiger charge is 2.28. The lowest BCUT2D eigenvalue weighted by atomic mass is 9.96. The Morgan fingerprint density at radius 2 is 0.933 bits per heavy atom. The predicted molar refractivity (Wildman–Crippen MR) is 495 cm³/mol. The summed E-state index contributed by atoms with van der Waals surface area (Å²) in [6, 6.07) is 40.9. The van der Waals surface area contributed by atoms with E-state index in [4.69, 9.17) is 39.3 Å². The Bertz CT molecular complexity index is 6990. The van der Waals surface area contributed by atoms with Gasteiger partial charge in [0.2, 0.25) is 0 Å². The number of nitrogens with zero attached hydrogens (tertiary/aromatic N) is 13. The van der Waals surface area contributed by atoms with Gasteiger partial charge >= 0.3 is 0 Å². The molecule has 0 spiro atoms. The van der Waals surface area contributed by atoms with Crippen molar-refractivity contribution in [2.75, 3.05) is 62.2 Å². The second kappa shape index (κ2) is 43.7. The number of carbonyl (C=O) groups excluding carboxylic acids is 4. The molecule has 1 aliphatic heterocycles. The number of amides is 4. The van der Waals surface area contributed by atoms with Crippen LogP contribution in [-0.4, -0.2) is 151 Å². The first-order valence-electron chi connectivity index (χ1n) is 41.8. The molecule has 8 heterocycles. The van der Waals surface area contributed by atoms with Crippen LogP contribution in [0.5, 0.6) is 0 Å². The fourth-order valence-corrected chi connectivity index (χ4v) is 15.3. The first-order chi connectivity index (χ1) is 64.7. The topological polar surface area (TPSA) is 468 Å². The number of aliphatic hydroxyl groups excluding tert-OH is 3. The summed E-state index contributed by atoms with van der Waals surface area (Å²) in [7, 11) is 0.118. The maximum atomic E-state index is 15.0. The third kappa shape index (κ3) is 24.1. The Hall–Kier alpha value is -15.5. The molecule has 0 saturated carbocycles. The molecule has 0 unspecified atom stereocenters. The van der Waals surface area contributed by atoms with Crippen LogP contribution in [0.3, 0.4) is 0 Å². The third-order valence-electron chi connectivity index (χ3n) is 21.8. The molecule has 694 valence electrons. The number of nitrogens with one attached hydrogen (secondary N) is 4. The number of hydrogen-bond acceptors (Lipinski definition) is 24. The number of ether oxygens (including phenoxy) is 1. The number of sulfone groups is 1. The van der Waals surface area contributed by atoms with E-state index in [-0.39, 0.29) is 68.6 Å². The Morgan fingerprint density at radius 1 is 0.481 bits per heavy atom. The Balaban J connectivity index is 0.000000153. The fourth-order valence-electron chi connectivity index (χ4n) is 14.4. The summed E-state index contributed by atoms with van der Waals surface area (Å²) in [4.78, 5) is 76.8. The number of pyridine rings is 2.